The van der Waals surface area contributed by atoms with Crippen molar-refractivity contribution in [2.24, 2.45) is 0 Å². The number of likely N-dealkylation sites (tertiary alicyclic amines) is 1. The average molecular weight is 330 g/mol. The molecule has 0 bridgehead atoms. The molecule has 1 aliphatic heterocycles. The van der Waals surface area contributed by atoms with Crippen LogP contribution < -0.4 is 0 Å². The lowest BCUT2D eigenvalue weighted by Crippen LogP contribution is -2.30. The van der Waals surface area contributed by atoms with Gasteiger partial charge in [0.05, 0.1) is 11.7 Å². The first-order valence-corrected chi connectivity index (χ1v) is 8.78. The summed E-state index contributed by atoms with van der Waals surface area (Å²) in [4.78, 5) is 19.1. The predicted octanol–water partition coefficient (Wildman–Crippen LogP) is 3.43. The van der Waals surface area contributed by atoms with Crippen molar-refractivity contribution in [3.63, 3.8) is 0 Å². The second kappa shape index (κ2) is 6.03. The Morgan fingerprint density at radius 1 is 1.33 bits per heavy atom. The summed E-state index contributed by atoms with van der Waals surface area (Å²) >= 11 is 0. The summed E-state index contributed by atoms with van der Waals surface area (Å²) in [5.74, 6) is 2.18. The number of hydrogen-bond donors (Lipinski definition) is 0. The normalized spacial score (nSPS) is 22.1. The molecule has 2 aliphatic rings. The SMILES string of the molecule is CC[C@H](C)c1cc(C(=O)N2CCC[C@@H]2c2noc(C3CC3)n2)on1. The Morgan fingerprint density at radius 2 is 2.17 bits per heavy atom. The molecule has 1 amide bonds. The van der Waals surface area contributed by atoms with Crippen LogP contribution in [0.4, 0.5) is 0 Å². The maximum atomic E-state index is 12.8. The van der Waals surface area contributed by atoms with E-state index in [1.807, 2.05) is 0 Å². The highest BCUT2D eigenvalue weighted by molar-refractivity contribution is 5.92. The van der Waals surface area contributed by atoms with E-state index >= 15 is 0 Å². The van der Waals surface area contributed by atoms with Crippen molar-refractivity contribution in [2.45, 2.75) is 63.8 Å². The fourth-order valence-electron chi connectivity index (χ4n) is 3.13. The van der Waals surface area contributed by atoms with Crippen LogP contribution in [0, 0.1) is 0 Å². The quantitative estimate of drug-likeness (QED) is 0.835. The number of nitrogens with zero attached hydrogens (tertiary/aromatic N) is 4. The zero-order chi connectivity index (χ0) is 16.7. The third-order valence-corrected chi connectivity index (χ3v) is 5.05. The minimum Gasteiger partial charge on any atom is -0.351 e. The van der Waals surface area contributed by atoms with Crippen molar-refractivity contribution in [3.8, 4) is 0 Å². The molecule has 0 aromatic carbocycles. The highest BCUT2D eigenvalue weighted by atomic mass is 16.5. The van der Waals surface area contributed by atoms with Crippen LogP contribution in [0.2, 0.25) is 0 Å². The molecule has 1 aliphatic carbocycles. The third-order valence-electron chi connectivity index (χ3n) is 5.05. The Labute approximate surface area is 140 Å². The fourth-order valence-corrected chi connectivity index (χ4v) is 3.13. The molecule has 0 radical (unpaired) electrons. The van der Waals surface area contributed by atoms with Crippen molar-refractivity contribution >= 4 is 5.91 Å². The van der Waals surface area contributed by atoms with Crippen molar-refractivity contribution in [1.29, 1.82) is 0 Å². The molecule has 0 spiro atoms. The molecule has 2 aromatic rings. The topological polar surface area (TPSA) is 85.3 Å². The minimum absolute atomic E-state index is 0.133. The molecule has 4 rings (SSSR count). The highest BCUT2D eigenvalue weighted by Crippen LogP contribution is 2.40. The first-order valence-electron chi connectivity index (χ1n) is 8.78. The lowest BCUT2D eigenvalue weighted by atomic mass is 10.1. The lowest BCUT2D eigenvalue weighted by Gasteiger charge is -2.20. The fraction of sp³-hybridized carbons (Fsp3) is 0.647. The van der Waals surface area contributed by atoms with Gasteiger partial charge in [-0.15, -0.1) is 0 Å². The van der Waals surface area contributed by atoms with E-state index in [-0.39, 0.29) is 17.9 Å². The Kier molecular flexibility index (Phi) is 3.86. The number of hydrogen-bond acceptors (Lipinski definition) is 6. The summed E-state index contributed by atoms with van der Waals surface area (Å²) in [6.07, 6.45) is 4.97. The molecule has 7 nitrogen and oxygen atoms in total. The summed E-state index contributed by atoms with van der Waals surface area (Å²) in [5, 5.41) is 8.15. The second-order valence-corrected chi connectivity index (χ2v) is 6.85. The van der Waals surface area contributed by atoms with Gasteiger partial charge in [-0.3, -0.25) is 4.79 Å². The van der Waals surface area contributed by atoms with Crippen molar-refractivity contribution in [2.75, 3.05) is 6.54 Å². The molecule has 7 heteroatoms. The molecule has 3 heterocycles. The van der Waals surface area contributed by atoms with Crippen LogP contribution in [0.1, 0.15) is 91.8 Å². The maximum absolute atomic E-state index is 12.8. The maximum Gasteiger partial charge on any atom is 0.293 e. The van der Waals surface area contributed by atoms with Crippen molar-refractivity contribution in [1.82, 2.24) is 20.2 Å². The summed E-state index contributed by atoms with van der Waals surface area (Å²) in [7, 11) is 0. The number of carbonyl (C=O) groups is 1. The standard InChI is InChI=1S/C17H22N4O3/c1-3-10(2)12-9-14(23-19-12)17(22)21-8-4-5-13(21)15-18-16(24-20-15)11-6-7-11/h9-11,13H,3-8H2,1-2H3/t10-,13+/m0/s1. The molecule has 0 unspecified atom stereocenters. The smallest absolute Gasteiger partial charge is 0.293 e. The van der Waals surface area contributed by atoms with Gasteiger partial charge < -0.3 is 13.9 Å². The lowest BCUT2D eigenvalue weighted by molar-refractivity contribution is 0.0686. The van der Waals surface area contributed by atoms with Gasteiger partial charge >= 0.3 is 0 Å². The molecule has 0 N–H and O–H groups in total. The summed E-state index contributed by atoms with van der Waals surface area (Å²) in [6, 6.07) is 1.63. The Hall–Kier alpha value is -2.18. The van der Waals surface area contributed by atoms with E-state index in [0.717, 1.165) is 37.8 Å². The Bertz CT molecular complexity index is 734. The third kappa shape index (κ3) is 2.72. The van der Waals surface area contributed by atoms with Gasteiger partial charge in [0.1, 0.15) is 0 Å². The van der Waals surface area contributed by atoms with Crippen LogP contribution in [0.15, 0.2) is 15.1 Å². The number of amides is 1. The van der Waals surface area contributed by atoms with Gasteiger partial charge in [0.2, 0.25) is 11.7 Å². The van der Waals surface area contributed by atoms with E-state index in [4.69, 9.17) is 9.05 Å². The van der Waals surface area contributed by atoms with E-state index in [1.54, 1.807) is 11.0 Å². The first-order chi connectivity index (χ1) is 11.7. The van der Waals surface area contributed by atoms with E-state index in [0.29, 0.717) is 29.9 Å². The minimum atomic E-state index is -0.141. The summed E-state index contributed by atoms with van der Waals surface area (Å²) in [6.45, 7) is 4.84. The van der Waals surface area contributed by atoms with Crippen LogP contribution in [0.5, 0.6) is 0 Å². The van der Waals surface area contributed by atoms with Crippen LogP contribution >= 0.6 is 0 Å². The molecule has 128 valence electrons. The molecule has 24 heavy (non-hydrogen) atoms. The zero-order valence-corrected chi connectivity index (χ0v) is 14.1. The number of carbonyl (C=O) groups excluding carboxylic acids is 1. The highest BCUT2D eigenvalue weighted by Gasteiger charge is 2.37. The molecule has 2 atom stereocenters. The van der Waals surface area contributed by atoms with Crippen LogP contribution in [0.3, 0.4) is 0 Å². The van der Waals surface area contributed by atoms with Gasteiger partial charge in [-0.25, -0.2) is 0 Å². The van der Waals surface area contributed by atoms with Crippen LogP contribution in [-0.2, 0) is 0 Å². The predicted molar refractivity (Wildman–Crippen MR) is 84.5 cm³/mol. The number of aromatic nitrogens is 3. The van der Waals surface area contributed by atoms with E-state index < -0.39 is 0 Å². The summed E-state index contributed by atoms with van der Waals surface area (Å²) in [5.41, 5.74) is 0.826. The molecule has 1 saturated heterocycles. The van der Waals surface area contributed by atoms with Crippen LogP contribution in [-0.4, -0.2) is 32.6 Å². The van der Waals surface area contributed by atoms with E-state index in [2.05, 4.69) is 29.1 Å². The van der Waals surface area contributed by atoms with Gasteiger partial charge in [0.15, 0.2) is 5.82 Å². The van der Waals surface area contributed by atoms with Gasteiger partial charge in [-0.1, -0.05) is 24.2 Å². The van der Waals surface area contributed by atoms with Crippen molar-refractivity contribution < 1.29 is 13.8 Å². The molecular weight excluding hydrogens is 308 g/mol. The summed E-state index contributed by atoms with van der Waals surface area (Å²) < 4.78 is 10.6. The van der Waals surface area contributed by atoms with E-state index in [1.165, 1.54) is 0 Å². The monoisotopic (exact) mass is 330 g/mol. The van der Waals surface area contributed by atoms with Crippen molar-refractivity contribution in [3.05, 3.63) is 29.2 Å². The van der Waals surface area contributed by atoms with Gasteiger partial charge in [-0.2, -0.15) is 4.98 Å². The Balaban J connectivity index is 1.52. The molecule has 2 aromatic heterocycles. The Morgan fingerprint density at radius 3 is 2.92 bits per heavy atom. The largest absolute Gasteiger partial charge is 0.351 e. The zero-order valence-electron chi connectivity index (χ0n) is 14.1. The molecular formula is C17H22N4O3. The molecule has 2 fully saturated rings. The van der Waals surface area contributed by atoms with E-state index in [9.17, 15) is 4.79 Å². The average Bonchev–Trinajstić information content (AvgIpc) is 3.04. The first kappa shape index (κ1) is 15.4. The van der Waals surface area contributed by atoms with Crippen LogP contribution in [0.25, 0.3) is 0 Å². The second-order valence-electron chi connectivity index (χ2n) is 6.85. The number of rotatable bonds is 5. The van der Waals surface area contributed by atoms with Gasteiger partial charge in [0.25, 0.3) is 5.91 Å². The molecule has 1 saturated carbocycles. The van der Waals surface area contributed by atoms with Gasteiger partial charge in [0, 0.05) is 24.4 Å². The van der Waals surface area contributed by atoms with Gasteiger partial charge in [-0.05, 0) is 32.1 Å².